The molecule has 0 N–H and O–H groups in total. The van der Waals surface area contributed by atoms with E-state index in [1.165, 1.54) is 25.0 Å². The van der Waals surface area contributed by atoms with E-state index in [1.54, 1.807) is 0 Å². The summed E-state index contributed by atoms with van der Waals surface area (Å²) < 4.78 is 0. The molecule has 0 saturated heterocycles. The lowest BCUT2D eigenvalue weighted by Gasteiger charge is -2.11. The van der Waals surface area contributed by atoms with Crippen LogP contribution in [0.5, 0.6) is 5.75 Å². The van der Waals surface area contributed by atoms with Crippen LogP contribution in [-0.4, -0.2) is 5.71 Å². The number of benzene rings is 1. The molecule has 0 unspecified atom stereocenters. The van der Waals surface area contributed by atoms with Crippen molar-refractivity contribution in [2.45, 2.75) is 32.1 Å². The minimum atomic E-state index is 0.825. The van der Waals surface area contributed by atoms with Crippen LogP contribution in [0.1, 0.15) is 32.1 Å². The number of oxime groups is 1. The lowest BCUT2D eigenvalue weighted by Crippen LogP contribution is -2.06. The van der Waals surface area contributed by atoms with Crippen molar-refractivity contribution in [1.82, 2.24) is 0 Å². The summed E-state index contributed by atoms with van der Waals surface area (Å²) in [6.45, 7) is 0. The van der Waals surface area contributed by atoms with Crippen molar-refractivity contribution in [2.75, 3.05) is 0 Å². The fourth-order valence-corrected chi connectivity index (χ4v) is 1.65. The van der Waals surface area contributed by atoms with Crippen LogP contribution in [0.3, 0.4) is 0 Å². The van der Waals surface area contributed by atoms with Gasteiger partial charge in [-0.2, -0.15) is 0 Å². The summed E-state index contributed by atoms with van der Waals surface area (Å²) in [4.78, 5) is 5.33. The summed E-state index contributed by atoms with van der Waals surface area (Å²) in [5, 5.41) is 4.17. The third-order valence-corrected chi connectivity index (χ3v) is 2.45. The molecule has 14 heavy (non-hydrogen) atoms. The molecule has 2 rings (SSSR count). The maximum Gasteiger partial charge on any atom is 0.157 e. The summed E-state index contributed by atoms with van der Waals surface area (Å²) in [5.41, 5.74) is 1.21. The first kappa shape index (κ1) is 9.25. The average Bonchev–Trinajstić information content (AvgIpc) is 2.29. The van der Waals surface area contributed by atoms with Gasteiger partial charge < -0.3 is 4.84 Å². The Morgan fingerprint density at radius 3 is 2.36 bits per heavy atom. The van der Waals surface area contributed by atoms with E-state index in [0.29, 0.717) is 0 Å². The molecule has 2 heteroatoms. The second-order valence-electron chi connectivity index (χ2n) is 3.62. The van der Waals surface area contributed by atoms with E-state index in [9.17, 15) is 0 Å². The van der Waals surface area contributed by atoms with Gasteiger partial charge in [-0.3, -0.25) is 0 Å². The van der Waals surface area contributed by atoms with E-state index in [4.69, 9.17) is 4.84 Å². The van der Waals surface area contributed by atoms with Gasteiger partial charge in [0.1, 0.15) is 0 Å². The number of nitrogens with zero attached hydrogens (tertiary/aromatic N) is 1. The molecule has 0 atom stereocenters. The molecule has 0 bridgehead atoms. The summed E-state index contributed by atoms with van der Waals surface area (Å²) in [7, 11) is 0. The van der Waals surface area contributed by atoms with Crippen molar-refractivity contribution in [2.24, 2.45) is 5.16 Å². The SMILES string of the molecule is c1ccc(ON=C2CCCCC2)cc1. The van der Waals surface area contributed by atoms with Crippen LogP contribution in [0.15, 0.2) is 35.5 Å². The fourth-order valence-electron chi connectivity index (χ4n) is 1.65. The van der Waals surface area contributed by atoms with Crippen LogP contribution in [0.4, 0.5) is 0 Å². The highest BCUT2D eigenvalue weighted by atomic mass is 16.6. The molecule has 1 aliphatic carbocycles. The van der Waals surface area contributed by atoms with Crippen molar-refractivity contribution >= 4 is 5.71 Å². The molecule has 0 amide bonds. The first-order valence-electron chi connectivity index (χ1n) is 5.23. The van der Waals surface area contributed by atoms with Crippen LogP contribution in [0.25, 0.3) is 0 Å². The predicted octanol–water partition coefficient (Wildman–Crippen LogP) is 3.39. The van der Waals surface area contributed by atoms with Gasteiger partial charge in [0.05, 0.1) is 5.71 Å². The largest absolute Gasteiger partial charge is 0.357 e. The van der Waals surface area contributed by atoms with Gasteiger partial charge in [-0.15, -0.1) is 0 Å². The number of hydrogen-bond donors (Lipinski definition) is 0. The Balaban J connectivity index is 1.92. The molecule has 0 spiro atoms. The van der Waals surface area contributed by atoms with Gasteiger partial charge in [0, 0.05) is 0 Å². The maximum absolute atomic E-state index is 5.33. The molecule has 1 saturated carbocycles. The van der Waals surface area contributed by atoms with E-state index >= 15 is 0 Å². The monoisotopic (exact) mass is 189 g/mol. The molecule has 0 heterocycles. The molecular weight excluding hydrogens is 174 g/mol. The first-order valence-corrected chi connectivity index (χ1v) is 5.23. The van der Waals surface area contributed by atoms with E-state index < -0.39 is 0 Å². The van der Waals surface area contributed by atoms with Crippen LogP contribution in [0, 0.1) is 0 Å². The number of hydrogen-bond acceptors (Lipinski definition) is 2. The van der Waals surface area contributed by atoms with Gasteiger partial charge in [0.25, 0.3) is 0 Å². The Kier molecular flexibility index (Phi) is 3.17. The molecule has 74 valence electrons. The Morgan fingerprint density at radius 2 is 1.64 bits per heavy atom. The van der Waals surface area contributed by atoms with Gasteiger partial charge >= 0.3 is 0 Å². The normalized spacial score (nSPS) is 16.4. The zero-order valence-corrected chi connectivity index (χ0v) is 8.28. The van der Waals surface area contributed by atoms with E-state index in [-0.39, 0.29) is 0 Å². The Bertz CT molecular complexity index is 297. The molecular formula is C12H15NO. The number of rotatable bonds is 2. The second-order valence-corrected chi connectivity index (χ2v) is 3.62. The molecule has 1 aromatic rings. The topological polar surface area (TPSA) is 21.6 Å². The van der Waals surface area contributed by atoms with E-state index in [0.717, 1.165) is 18.6 Å². The Morgan fingerprint density at radius 1 is 0.929 bits per heavy atom. The van der Waals surface area contributed by atoms with Crippen molar-refractivity contribution < 1.29 is 4.84 Å². The predicted molar refractivity (Wildman–Crippen MR) is 57.6 cm³/mol. The lowest BCUT2D eigenvalue weighted by molar-refractivity contribution is 0.336. The highest BCUT2D eigenvalue weighted by molar-refractivity contribution is 5.84. The maximum atomic E-state index is 5.33. The summed E-state index contributed by atoms with van der Waals surface area (Å²) in [6.07, 6.45) is 6.07. The van der Waals surface area contributed by atoms with Gasteiger partial charge in [0.2, 0.25) is 0 Å². The van der Waals surface area contributed by atoms with Gasteiger partial charge in [-0.25, -0.2) is 0 Å². The van der Waals surface area contributed by atoms with Crippen molar-refractivity contribution in [3.05, 3.63) is 30.3 Å². The van der Waals surface area contributed by atoms with Crippen LogP contribution in [0.2, 0.25) is 0 Å². The summed E-state index contributed by atoms with van der Waals surface area (Å²) >= 11 is 0. The highest BCUT2D eigenvalue weighted by Crippen LogP contribution is 2.16. The summed E-state index contributed by atoms with van der Waals surface area (Å²) in [5.74, 6) is 0.825. The van der Waals surface area contributed by atoms with Crippen LogP contribution >= 0.6 is 0 Å². The molecule has 1 aromatic carbocycles. The minimum absolute atomic E-state index is 0.825. The Hall–Kier alpha value is -1.31. The third-order valence-electron chi connectivity index (χ3n) is 2.45. The molecule has 1 fully saturated rings. The standard InChI is InChI=1S/C12H15NO/c1-3-7-11(8-4-1)13-14-12-9-5-2-6-10-12/h2,5-6,9-10H,1,3-4,7-8H2. The van der Waals surface area contributed by atoms with Crippen LogP contribution < -0.4 is 4.84 Å². The first-order chi connectivity index (χ1) is 6.95. The van der Waals surface area contributed by atoms with Crippen LogP contribution in [-0.2, 0) is 0 Å². The Labute approximate surface area is 84.6 Å². The molecule has 0 aromatic heterocycles. The lowest BCUT2D eigenvalue weighted by atomic mass is 9.99. The van der Waals surface area contributed by atoms with Crippen molar-refractivity contribution in [1.29, 1.82) is 0 Å². The number of para-hydroxylation sites is 1. The van der Waals surface area contributed by atoms with Gasteiger partial charge in [-0.1, -0.05) is 29.8 Å². The van der Waals surface area contributed by atoms with E-state index in [1.807, 2.05) is 30.3 Å². The zero-order chi connectivity index (χ0) is 9.64. The van der Waals surface area contributed by atoms with Crippen molar-refractivity contribution in [3.8, 4) is 5.75 Å². The second kappa shape index (κ2) is 4.80. The zero-order valence-electron chi connectivity index (χ0n) is 8.28. The smallest absolute Gasteiger partial charge is 0.157 e. The molecule has 0 radical (unpaired) electrons. The van der Waals surface area contributed by atoms with Gasteiger partial charge in [0.15, 0.2) is 5.75 Å². The molecule has 2 nitrogen and oxygen atoms in total. The minimum Gasteiger partial charge on any atom is -0.357 e. The summed E-state index contributed by atoms with van der Waals surface area (Å²) in [6, 6.07) is 9.73. The molecule has 0 aliphatic heterocycles. The van der Waals surface area contributed by atoms with Crippen molar-refractivity contribution in [3.63, 3.8) is 0 Å². The highest BCUT2D eigenvalue weighted by Gasteiger charge is 2.06. The van der Waals surface area contributed by atoms with Gasteiger partial charge in [-0.05, 0) is 37.8 Å². The quantitative estimate of drug-likeness (QED) is 0.653. The third kappa shape index (κ3) is 2.59. The van der Waals surface area contributed by atoms with E-state index in [2.05, 4.69) is 5.16 Å². The fraction of sp³-hybridized carbons (Fsp3) is 0.417. The molecule has 1 aliphatic rings. The average molecular weight is 189 g/mol.